The van der Waals surface area contributed by atoms with Gasteiger partial charge in [-0.05, 0) is 37.5 Å². The van der Waals surface area contributed by atoms with Crippen LogP contribution in [0.3, 0.4) is 0 Å². The summed E-state index contributed by atoms with van der Waals surface area (Å²) < 4.78 is 18.2. The predicted octanol–water partition coefficient (Wildman–Crippen LogP) is 2.48. The van der Waals surface area contributed by atoms with Crippen LogP contribution in [-0.4, -0.2) is 24.1 Å². The highest BCUT2D eigenvalue weighted by molar-refractivity contribution is 5.37. The SMILES string of the molecule is CC(OC=O)N1CCCC1c1cccc(F)c1. The Hall–Kier alpha value is -1.42. The molecule has 0 spiro atoms. The maximum Gasteiger partial charge on any atom is 0.294 e. The molecule has 0 N–H and O–H groups in total. The molecule has 4 heteroatoms. The van der Waals surface area contributed by atoms with Gasteiger partial charge in [-0.25, -0.2) is 4.39 Å². The molecule has 1 aliphatic heterocycles. The first-order valence-electron chi connectivity index (χ1n) is 5.82. The van der Waals surface area contributed by atoms with E-state index in [0.29, 0.717) is 6.47 Å². The third-order valence-corrected chi connectivity index (χ3v) is 3.25. The minimum atomic E-state index is -0.261. The molecule has 0 aromatic heterocycles. The Labute approximate surface area is 100 Å². The summed E-state index contributed by atoms with van der Waals surface area (Å²) in [5.41, 5.74) is 0.948. The molecule has 2 unspecified atom stereocenters. The number of carbonyl (C=O) groups excluding carboxylic acids is 1. The molecule has 0 amide bonds. The van der Waals surface area contributed by atoms with E-state index in [1.165, 1.54) is 6.07 Å². The first-order chi connectivity index (χ1) is 8.22. The van der Waals surface area contributed by atoms with Crippen LogP contribution in [0.25, 0.3) is 0 Å². The number of rotatable bonds is 4. The Balaban J connectivity index is 2.16. The molecule has 1 fully saturated rings. The molecule has 0 aliphatic carbocycles. The van der Waals surface area contributed by atoms with Gasteiger partial charge in [0.2, 0.25) is 0 Å². The van der Waals surface area contributed by atoms with Crippen molar-refractivity contribution in [2.24, 2.45) is 0 Å². The molecule has 0 saturated carbocycles. The van der Waals surface area contributed by atoms with E-state index in [-0.39, 0.29) is 18.1 Å². The number of halogens is 1. The van der Waals surface area contributed by atoms with Crippen molar-refractivity contribution < 1.29 is 13.9 Å². The Morgan fingerprint density at radius 3 is 3.12 bits per heavy atom. The summed E-state index contributed by atoms with van der Waals surface area (Å²) in [6.45, 7) is 3.17. The second-order valence-electron chi connectivity index (χ2n) is 4.28. The summed E-state index contributed by atoms with van der Waals surface area (Å²) >= 11 is 0. The van der Waals surface area contributed by atoms with Crippen molar-refractivity contribution >= 4 is 6.47 Å². The molecule has 1 aromatic carbocycles. The van der Waals surface area contributed by atoms with Crippen LogP contribution in [0.5, 0.6) is 0 Å². The fraction of sp³-hybridized carbons (Fsp3) is 0.462. The molecule has 3 nitrogen and oxygen atoms in total. The van der Waals surface area contributed by atoms with Gasteiger partial charge in [-0.1, -0.05) is 12.1 Å². The van der Waals surface area contributed by atoms with Crippen molar-refractivity contribution in [3.05, 3.63) is 35.6 Å². The molecule has 2 atom stereocenters. The van der Waals surface area contributed by atoms with Crippen LogP contribution in [0.1, 0.15) is 31.4 Å². The lowest BCUT2D eigenvalue weighted by molar-refractivity contribution is -0.142. The van der Waals surface area contributed by atoms with Gasteiger partial charge in [-0.2, -0.15) is 0 Å². The highest BCUT2D eigenvalue weighted by Crippen LogP contribution is 2.33. The minimum Gasteiger partial charge on any atom is -0.449 e. The Morgan fingerprint density at radius 2 is 2.41 bits per heavy atom. The van der Waals surface area contributed by atoms with Crippen LogP contribution in [-0.2, 0) is 9.53 Å². The molecule has 0 radical (unpaired) electrons. The van der Waals surface area contributed by atoms with Gasteiger partial charge in [0.15, 0.2) is 6.23 Å². The van der Waals surface area contributed by atoms with Gasteiger partial charge in [0.25, 0.3) is 6.47 Å². The fourth-order valence-corrected chi connectivity index (χ4v) is 2.45. The van der Waals surface area contributed by atoms with Crippen LogP contribution >= 0.6 is 0 Å². The standard InChI is InChI=1S/C13H16FNO2/c1-10(17-9-16)15-7-3-6-13(15)11-4-2-5-12(14)8-11/h2,4-5,8-10,13H,3,6-7H2,1H3. The summed E-state index contributed by atoms with van der Waals surface area (Å²) in [6.07, 6.45) is 1.74. The number of hydrogen-bond acceptors (Lipinski definition) is 3. The van der Waals surface area contributed by atoms with E-state index in [1.54, 1.807) is 12.1 Å². The Morgan fingerprint density at radius 1 is 1.59 bits per heavy atom. The molecular formula is C13H16FNO2. The van der Waals surface area contributed by atoms with Crippen molar-refractivity contribution in [3.63, 3.8) is 0 Å². The van der Waals surface area contributed by atoms with E-state index in [0.717, 1.165) is 24.9 Å². The van der Waals surface area contributed by atoms with Gasteiger partial charge >= 0.3 is 0 Å². The lowest BCUT2D eigenvalue weighted by Gasteiger charge is -2.29. The zero-order valence-electron chi connectivity index (χ0n) is 9.80. The molecule has 0 bridgehead atoms. The quantitative estimate of drug-likeness (QED) is 0.753. The average Bonchev–Trinajstić information content (AvgIpc) is 2.78. The number of hydrogen-bond donors (Lipinski definition) is 0. The average molecular weight is 237 g/mol. The summed E-state index contributed by atoms with van der Waals surface area (Å²) in [5.74, 6) is -0.224. The second kappa shape index (κ2) is 5.27. The fourth-order valence-electron chi connectivity index (χ4n) is 2.45. The van der Waals surface area contributed by atoms with Crippen molar-refractivity contribution in [2.75, 3.05) is 6.54 Å². The molecule has 1 aromatic rings. The lowest BCUT2D eigenvalue weighted by Crippen LogP contribution is -2.34. The van der Waals surface area contributed by atoms with Crippen LogP contribution in [0, 0.1) is 5.82 Å². The van der Waals surface area contributed by atoms with Crippen molar-refractivity contribution in [2.45, 2.75) is 32.0 Å². The van der Waals surface area contributed by atoms with Crippen LogP contribution in [0.2, 0.25) is 0 Å². The summed E-state index contributed by atoms with van der Waals surface area (Å²) in [6, 6.07) is 6.76. The van der Waals surface area contributed by atoms with E-state index >= 15 is 0 Å². The molecular weight excluding hydrogens is 221 g/mol. The highest BCUT2D eigenvalue weighted by atomic mass is 19.1. The molecule has 2 rings (SSSR count). The largest absolute Gasteiger partial charge is 0.449 e. The van der Waals surface area contributed by atoms with Crippen LogP contribution in [0.15, 0.2) is 24.3 Å². The molecule has 1 saturated heterocycles. The third-order valence-electron chi connectivity index (χ3n) is 3.25. The Bertz CT molecular complexity index is 397. The molecule has 1 heterocycles. The number of nitrogens with zero attached hydrogens (tertiary/aromatic N) is 1. The number of carbonyl (C=O) groups is 1. The zero-order valence-corrected chi connectivity index (χ0v) is 9.80. The van der Waals surface area contributed by atoms with E-state index in [1.807, 2.05) is 13.0 Å². The topological polar surface area (TPSA) is 29.5 Å². The summed E-state index contributed by atoms with van der Waals surface area (Å²) in [7, 11) is 0. The molecule has 1 aliphatic rings. The maximum absolute atomic E-state index is 13.2. The van der Waals surface area contributed by atoms with Gasteiger partial charge < -0.3 is 4.74 Å². The second-order valence-corrected chi connectivity index (χ2v) is 4.28. The highest BCUT2D eigenvalue weighted by Gasteiger charge is 2.30. The van der Waals surface area contributed by atoms with Crippen molar-refractivity contribution in [1.29, 1.82) is 0 Å². The summed E-state index contributed by atoms with van der Waals surface area (Å²) in [4.78, 5) is 12.4. The Kier molecular flexibility index (Phi) is 3.74. The smallest absolute Gasteiger partial charge is 0.294 e. The van der Waals surface area contributed by atoms with Gasteiger partial charge in [0, 0.05) is 12.6 Å². The first-order valence-corrected chi connectivity index (χ1v) is 5.82. The van der Waals surface area contributed by atoms with E-state index in [9.17, 15) is 9.18 Å². The summed E-state index contributed by atoms with van der Waals surface area (Å²) in [5, 5.41) is 0. The third kappa shape index (κ3) is 2.64. The first kappa shape index (κ1) is 12.0. The normalized spacial score (nSPS) is 22.4. The van der Waals surface area contributed by atoms with Gasteiger partial charge in [-0.3, -0.25) is 9.69 Å². The van der Waals surface area contributed by atoms with Crippen LogP contribution < -0.4 is 0 Å². The molecule has 92 valence electrons. The van der Waals surface area contributed by atoms with Gasteiger partial charge in [0.05, 0.1) is 0 Å². The zero-order chi connectivity index (χ0) is 12.3. The van der Waals surface area contributed by atoms with E-state index in [2.05, 4.69) is 4.90 Å². The van der Waals surface area contributed by atoms with Crippen LogP contribution in [0.4, 0.5) is 4.39 Å². The lowest BCUT2D eigenvalue weighted by atomic mass is 10.0. The van der Waals surface area contributed by atoms with E-state index < -0.39 is 0 Å². The van der Waals surface area contributed by atoms with Gasteiger partial charge in [-0.15, -0.1) is 0 Å². The molecule has 17 heavy (non-hydrogen) atoms. The van der Waals surface area contributed by atoms with Crippen molar-refractivity contribution in [1.82, 2.24) is 4.90 Å². The minimum absolute atomic E-state index is 0.139. The number of ether oxygens (including phenoxy) is 1. The van der Waals surface area contributed by atoms with Crippen molar-refractivity contribution in [3.8, 4) is 0 Å². The van der Waals surface area contributed by atoms with Gasteiger partial charge in [0.1, 0.15) is 5.82 Å². The van der Waals surface area contributed by atoms with E-state index in [4.69, 9.17) is 4.74 Å². The predicted molar refractivity (Wildman–Crippen MR) is 61.7 cm³/mol. The maximum atomic E-state index is 13.2. The number of benzene rings is 1. The monoisotopic (exact) mass is 237 g/mol. The number of likely N-dealkylation sites (tertiary alicyclic amines) is 1.